The Morgan fingerprint density at radius 3 is 2.92 bits per heavy atom. The number of fused-ring (bicyclic) bond motifs is 1. The van der Waals surface area contributed by atoms with Gasteiger partial charge in [0.2, 0.25) is 5.16 Å². The van der Waals surface area contributed by atoms with E-state index in [-0.39, 0.29) is 17.9 Å². The highest BCUT2D eigenvalue weighted by Crippen LogP contribution is 2.30. The summed E-state index contributed by atoms with van der Waals surface area (Å²) in [6.45, 7) is 2.02. The predicted molar refractivity (Wildman–Crippen MR) is 99.7 cm³/mol. The van der Waals surface area contributed by atoms with Crippen LogP contribution >= 0.6 is 11.8 Å². The lowest BCUT2D eigenvalue weighted by molar-refractivity contribution is 0.0999. The number of hydrogen-bond acceptors (Lipinski definition) is 5. The van der Waals surface area contributed by atoms with Gasteiger partial charge >= 0.3 is 0 Å². The molecule has 4 rings (SSSR count). The van der Waals surface area contributed by atoms with Crippen LogP contribution in [0.1, 0.15) is 22.3 Å². The van der Waals surface area contributed by atoms with E-state index in [4.69, 9.17) is 0 Å². The van der Waals surface area contributed by atoms with Gasteiger partial charge in [-0.3, -0.25) is 14.9 Å². The van der Waals surface area contributed by atoms with Gasteiger partial charge in [-0.15, -0.1) is 5.10 Å². The van der Waals surface area contributed by atoms with Gasteiger partial charge in [-0.25, -0.2) is 9.37 Å². The van der Waals surface area contributed by atoms with E-state index >= 15 is 0 Å². The molecular formula is C19H15FN4OS. The zero-order valence-electron chi connectivity index (χ0n) is 14.0. The van der Waals surface area contributed by atoms with Crippen LogP contribution in [0.5, 0.6) is 0 Å². The Balaban J connectivity index is 1.50. The Morgan fingerprint density at radius 1 is 1.23 bits per heavy atom. The number of aromatic nitrogens is 3. The zero-order chi connectivity index (χ0) is 18.1. The van der Waals surface area contributed by atoms with Crippen LogP contribution in [0.4, 0.5) is 10.1 Å². The normalized spacial score (nSPS) is 13.5. The molecule has 0 atom stereocenters. The van der Waals surface area contributed by atoms with Crippen LogP contribution in [-0.2, 0) is 0 Å². The second kappa shape index (κ2) is 6.84. The molecule has 0 spiro atoms. The Morgan fingerprint density at radius 2 is 2.08 bits per heavy atom. The fourth-order valence-electron chi connectivity index (χ4n) is 2.80. The molecule has 0 amide bonds. The Hall–Kier alpha value is -2.80. The first-order chi connectivity index (χ1) is 12.6. The third-order valence-electron chi connectivity index (χ3n) is 4.05. The number of carbonyl (C=O) groups is 1. The maximum Gasteiger partial charge on any atom is 0.209 e. The molecule has 26 heavy (non-hydrogen) atoms. The summed E-state index contributed by atoms with van der Waals surface area (Å²) in [5, 5.41) is 7.69. The molecule has 1 aromatic heterocycles. The number of aromatic amines is 1. The molecule has 3 aromatic rings. The zero-order valence-corrected chi connectivity index (χ0v) is 14.8. The van der Waals surface area contributed by atoms with E-state index in [0.29, 0.717) is 28.0 Å². The van der Waals surface area contributed by atoms with Gasteiger partial charge in [-0.1, -0.05) is 41.6 Å². The van der Waals surface area contributed by atoms with Crippen LogP contribution in [0.3, 0.4) is 0 Å². The highest BCUT2D eigenvalue weighted by Gasteiger charge is 2.22. The number of nitrogens with zero attached hydrogens (tertiary/aromatic N) is 3. The van der Waals surface area contributed by atoms with E-state index in [2.05, 4.69) is 20.2 Å². The third-order valence-corrected chi connectivity index (χ3v) is 4.96. The quantitative estimate of drug-likeness (QED) is 0.696. The number of carbonyl (C=O) groups excluding carboxylic acids is 1. The molecule has 0 saturated carbocycles. The lowest BCUT2D eigenvalue weighted by Gasteiger charge is -2.14. The molecule has 0 unspecified atom stereocenters. The van der Waals surface area contributed by atoms with E-state index in [0.717, 1.165) is 11.1 Å². The highest BCUT2D eigenvalue weighted by atomic mass is 32.2. The first-order valence-electron chi connectivity index (χ1n) is 8.10. The number of hydrogen-bond donors (Lipinski definition) is 1. The number of aliphatic imine (C=N–C) groups is 1. The Labute approximate surface area is 153 Å². The number of aryl methyl sites for hydroxylation is 1. The molecule has 0 radical (unpaired) electrons. The SMILES string of the molecule is Cc1cccc(-c2nc(SCC3=Nc4c(F)cccc4C(=O)C3)n[nH]2)c1. The van der Waals surface area contributed by atoms with Crippen LogP contribution in [0.25, 0.3) is 11.4 Å². The highest BCUT2D eigenvalue weighted by molar-refractivity contribution is 7.99. The number of Topliss-reactive ketones (excluding diaryl/α,β-unsaturated/α-hetero) is 1. The van der Waals surface area contributed by atoms with Crippen molar-refractivity contribution in [2.75, 3.05) is 5.75 Å². The van der Waals surface area contributed by atoms with Crippen LogP contribution in [0, 0.1) is 12.7 Å². The Bertz CT molecular complexity index is 1030. The van der Waals surface area contributed by atoms with Crippen molar-refractivity contribution in [1.29, 1.82) is 0 Å². The number of ketones is 1. The topological polar surface area (TPSA) is 71.0 Å². The molecule has 0 fully saturated rings. The number of nitrogens with one attached hydrogen (secondary N) is 1. The standard InChI is InChI=1S/C19H15FN4OS/c1-11-4-2-5-12(8-11)18-22-19(24-23-18)26-10-13-9-16(25)14-6-3-7-15(20)17(14)21-13/h2-8H,9-10H2,1H3,(H,22,23,24). The van der Waals surface area contributed by atoms with Gasteiger partial charge in [-0.2, -0.15) is 0 Å². The van der Waals surface area contributed by atoms with E-state index < -0.39 is 5.82 Å². The lowest BCUT2D eigenvalue weighted by Crippen LogP contribution is -2.16. The fourth-order valence-corrected chi connectivity index (χ4v) is 3.52. The number of rotatable bonds is 4. The molecule has 7 heteroatoms. The predicted octanol–water partition coefficient (Wildman–Crippen LogP) is 4.37. The van der Waals surface area contributed by atoms with Crippen LogP contribution in [0.15, 0.2) is 52.6 Å². The van der Waals surface area contributed by atoms with Crippen LogP contribution in [-0.4, -0.2) is 32.4 Å². The number of benzene rings is 2. The van der Waals surface area contributed by atoms with Crippen molar-refractivity contribution < 1.29 is 9.18 Å². The summed E-state index contributed by atoms with van der Waals surface area (Å²) in [6, 6.07) is 12.4. The van der Waals surface area contributed by atoms with Gasteiger partial charge in [0.1, 0.15) is 11.5 Å². The average molecular weight is 366 g/mol. The minimum atomic E-state index is -0.474. The van der Waals surface area contributed by atoms with E-state index in [9.17, 15) is 9.18 Å². The van der Waals surface area contributed by atoms with Crippen molar-refractivity contribution in [1.82, 2.24) is 15.2 Å². The largest absolute Gasteiger partial charge is 0.294 e. The summed E-state index contributed by atoms with van der Waals surface area (Å²) < 4.78 is 13.9. The first kappa shape index (κ1) is 16.7. The summed E-state index contributed by atoms with van der Waals surface area (Å²) in [5.41, 5.74) is 3.21. The number of H-pyrrole nitrogens is 1. The molecule has 5 nitrogen and oxygen atoms in total. The first-order valence-corrected chi connectivity index (χ1v) is 9.09. The molecule has 1 N–H and O–H groups in total. The maximum atomic E-state index is 13.9. The van der Waals surface area contributed by atoms with Crippen molar-refractivity contribution in [3.63, 3.8) is 0 Å². The van der Waals surface area contributed by atoms with Crippen molar-refractivity contribution in [3.8, 4) is 11.4 Å². The molecule has 0 bridgehead atoms. The number of thioether (sulfide) groups is 1. The molecule has 0 saturated heterocycles. The molecule has 1 aliphatic rings. The molecule has 2 aromatic carbocycles. The van der Waals surface area contributed by atoms with Gasteiger partial charge in [-0.05, 0) is 25.1 Å². The molecule has 0 aliphatic carbocycles. The lowest BCUT2D eigenvalue weighted by atomic mass is 10.0. The summed E-state index contributed by atoms with van der Waals surface area (Å²) in [5.74, 6) is 0.539. The average Bonchev–Trinajstić information content (AvgIpc) is 3.10. The molecule has 2 heterocycles. The van der Waals surface area contributed by atoms with Crippen LogP contribution in [0.2, 0.25) is 0 Å². The molecule has 130 valence electrons. The minimum Gasteiger partial charge on any atom is -0.294 e. The smallest absolute Gasteiger partial charge is 0.209 e. The number of para-hydroxylation sites is 1. The summed E-state index contributed by atoms with van der Waals surface area (Å²) in [4.78, 5) is 21.0. The van der Waals surface area contributed by atoms with Crippen molar-refractivity contribution >= 4 is 28.9 Å². The van der Waals surface area contributed by atoms with E-state index in [1.807, 2.05) is 31.2 Å². The van der Waals surface area contributed by atoms with E-state index in [1.165, 1.54) is 23.9 Å². The fraction of sp³-hybridized carbons (Fsp3) is 0.158. The van der Waals surface area contributed by atoms with Crippen LogP contribution < -0.4 is 0 Å². The molecule has 1 aliphatic heterocycles. The maximum absolute atomic E-state index is 13.9. The van der Waals surface area contributed by atoms with Crippen molar-refractivity contribution in [2.45, 2.75) is 18.5 Å². The molecular weight excluding hydrogens is 351 g/mol. The Kier molecular flexibility index (Phi) is 4.38. The monoisotopic (exact) mass is 366 g/mol. The second-order valence-electron chi connectivity index (χ2n) is 6.04. The summed E-state index contributed by atoms with van der Waals surface area (Å²) in [6.07, 6.45) is 0.193. The van der Waals surface area contributed by atoms with Gasteiger partial charge in [0.05, 0.1) is 6.42 Å². The summed E-state index contributed by atoms with van der Waals surface area (Å²) in [7, 11) is 0. The van der Waals surface area contributed by atoms with Gasteiger partial charge in [0, 0.05) is 22.6 Å². The minimum absolute atomic E-state index is 0.111. The van der Waals surface area contributed by atoms with Crippen molar-refractivity contribution in [3.05, 3.63) is 59.4 Å². The summed E-state index contributed by atoms with van der Waals surface area (Å²) >= 11 is 1.37. The second-order valence-corrected chi connectivity index (χ2v) is 6.98. The van der Waals surface area contributed by atoms with Crippen molar-refractivity contribution in [2.24, 2.45) is 4.99 Å². The third kappa shape index (κ3) is 3.30. The van der Waals surface area contributed by atoms with Gasteiger partial charge < -0.3 is 0 Å². The number of halogens is 1. The van der Waals surface area contributed by atoms with E-state index in [1.54, 1.807) is 6.07 Å². The van der Waals surface area contributed by atoms with Gasteiger partial charge in [0.15, 0.2) is 11.6 Å². The van der Waals surface area contributed by atoms with Gasteiger partial charge in [0.25, 0.3) is 0 Å².